The predicted octanol–water partition coefficient (Wildman–Crippen LogP) is 3.69. The minimum atomic E-state index is -0.610. The molecule has 0 bridgehead atoms. The highest BCUT2D eigenvalue weighted by molar-refractivity contribution is 9.11. The largest absolute Gasteiger partial charge is 0.496 e. The van der Waals surface area contributed by atoms with Crippen LogP contribution in [0.2, 0.25) is 0 Å². The van der Waals surface area contributed by atoms with Crippen molar-refractivity contribution in [2.75, 3.05) is 12.8 Å². The number of methoxy groups -OCH3 is 1. The molecule has 0 radical (unpaired) electrons. The summed E-state index contributed by atoms with van der Waals surface area (Å²) in [6.07, 6.45) is 0. The summed E-state index contributed by atoms with van der Waals surface area (Å²) in [7, 11) is 1.57. The Morgan fingerprint density at radius 3 is 2.29 bits per heavy atom. The molecule has 2 aromatic carbocycles. The number of nitrogen functional groups attached to an aromatic ring is 1. The Balaban J connectivity index is 2.43. The van der Waals surface area contributed by atoms with Crippen molar-refractivity contribution in [2.24, 2.45) is 5.73 Å². The topological polar surface area (TPSA) is 87.6 Å². The molecule has 0 atom stereocenters. The first kappa shape index (κ1) is 15.7. The van der Waals surface area contributed by atoms with Gasteiger partial charge in [0.1, 0.15) is 17.2 Å². The van der Waals surface area contributed by atoms with Crippen LogP contribution in [0.25, 0.3) is 0 Å². The molecular formula is C14H12Br2N2O3. The fourth-order valence-corrected chi connectivity index (χ4v) is 2.58. The van der Waals surface area contributed by atoms with Gasteiger partial charge in [0.2, 0.25) is 0 Å². The number of nitrogens with two attached hydrogens (primary N) is 2. The van der Waals surface area contributed by atoms with E-state index in [9.17, 15) is 4.79 Å². The Morgan fingerprint density at radius 1 is 1.05 bits per heavy atom. The van der Waals surface area contributed by atoms with Gasteiger partial charge in [0.25, 0.3) is 5.91 Å². The molecule has 0 aliphatic heterocycles. The van der Waals surface area contributed by atoms with Crippen LogP contribution in [-0.2, 0) is 0 Å². The van der Waals surface area contributed by atoms with Gasteiger partial charge in [0, 0.05) is 5.69 Å². The van der Waals surface area contributed by atoms with E-state index < -0.39 is 5.91 Å². The summed E-state index contributed by atoms with van der Waals surface area (Å²) in [5.74, 6) is 0.882. The Hall–Kier alpha value is -1.73. The lowest BCUT2D eigenvalue weighted by atomic mass is 10.1. The molecule has 21 heavy (non-hydrogen) atoms. The number of amides is 1. The lowest BCUT2D eigenvalue weighted by Crippen LogP contribution is -2.12. The summed E-state index contributed by atoms with van der Waals surface area (Å²) in [6.45, 7) is 0. The molecule has 0 aliphatic carbocycles. The number of carbonyl (C=O) groups excluding carboxylic acids is 1. The Kier molecular flexibility index (Phi) is 4.74. The minimum Gasteiger partial charge on any atom is -0.496 e. The summed E-state index contributed by atoms with van der Waals surface area (Å²) < 4.78 is 12.3. The molecule has 2 rings (SSSR count). The third kappa shape index (κ3) is 3.48. The van der Waals surface area contributed by atoms with E-state index in [0.717, 1.165) is 4.47 Å². The van der Waals surface area contributed by atoms with E-state index in [2.05, 4.69) is 31.9 Å². The van der Waals surface area contributed by atoms with Crippen molar-refractivity contribution in [1.82, 2.24) is 0 Å². The minimum absolute atomic E-state index is 0.217. The molecule has 0 spiro atoms. The van der Waals surface area contributed by atoms with E-state index in [0.29, 0.717) is 27.4 Å². The van der Waals surface area contributed by atoms with E-state index in [4.69, 9.17) is 20.9 Å². The number of primary amides is 1. The van der Waals surface area contributed by atoms with Crippen molar-refractivity contribution in [2.45, 2.75) is 0 Å². The SMILES string of the molecule is COc1cc(Br)c(Oc2ccc(N)cc2C(N)=O)cc1Br. The number of rotatable bonds is 4. The first-order chi connectivity index (χ1) is 9.92. The lowest BCUT2D eigenvalue weighted by molar-refractivity contribution is 0.0998. The second-order valence-corrected chi connectivity index (χ2v) is 5.85. The van der Waals surface area contributed by atoms with Gasteiger partial charge < -0.3 is 20.9 Å². The van der Waals surface area contributed by atoms with Gasteiger partial charge in [-0.25, -0.2) is 0 Å². The molecule has 4 N–H and O–H groups in total. The molecule has 110 valence electrons. The first-order valence-electron chi connectivity index (χ1n) is 5.82. The van der Waals surface area contributed by atoms with E-state index in [1.165, 1.54) is 6.07 Å². The molecular weight excluding hydrogens is 404 g/mol. The molecule has 0 aromatic heterocycles. The van der Waals surface area contributed by atoms with Crippen LogP contribution in [0.3, 0.4) is 0 Å². The highest BCUT2D eigenvalue weighted by Gasteiger charge is 2.14. The van der Waals surface area contributed by atoms with Gasteiger partial charge in [0.05, 0.1) is 21.6 Å². The number of ether oxygens (including phenoxy) is 2. The standard InChI is InChI=1S/C14H12Br2N2O3/c1-20-12-5-10(16)13(6-9(12)15)21-11-3-2-7(17)4-8(11)14(18)19/h2-6H,17H2,1H3,(H2,18,19). The van der Waals surface area contributed by atoms with Crippen molar-refractivity contribution >= 4 is 43.5 Å². The average Bonchev–Trinajstić information content (AvgIpc) is 2.44. The van der Waals surface area contributed by atoms with Crippen LogP contribution in [0.4, 0.5) is 5.69 Å². The van der Waals surface area contributed by atoms with Gasteiger partial charge in [-0.2, -0.15) is 0 Å². The fraction of sp³-hybridized carbons (Fsp3) is 0.0714. The van der Waals surface area contributed by atoms with Crippen LogP contribution < -0.4 is 20.9 Å². The second-order valence-electron chi connectivity index (χ2n) is 4.14. The van der Waals surface area contributed by atoms with Crippen LogP contribution in [-0.4, -0.2) is 13.0 Å². The molecule has 0 fully saturated rings. The summed E-state index contributed by atoms with van der Waals surface area (Å²) in [6, 6.07) is 8.18. The van der Waals surface area contributed by atoms with Crippen molar-refractivity contribution in [1.29, 1.82) is 0 Å². The third-order valence-electron chi connectivity index (χ3n) is 2.70. The first-order valence-corrected chi connectivity index (χ1v) is 7.41. The summed E-state index contributed by atoms with van der Waals surface area (Å²) in [5.41, 5.74) is 11.6. The fourth-order valence-electron chi connectivity index (χ4n) is 1.69. The quantitative estimate of drug-likeness (QED) is 0.745. The van der Waals surface area contributed by atoms with Crippen LogP contribution in [0, 0.1) is 0 Å². The van der Waals surface area contributed by atoms with Gasteiger partial charge in [-0.05, 0) is 62.2 Å². The highest BCUT2D eigenvalue weighted by Crippen LogP contribution is 2.39. The average molecular weight is 416 g/mol. The van der Waals surface area contributed by atoms with Crippen LogP contribution in [0.1, 0.15) is 10.4 Å². The van der Waals surface area contributed by atoms with Gasteiger partial charge in [-0.15, -0.1) is 0 Å². The monoisotopic (exact) mass is 414 g/mol. The maximum atomic E-state index is 11.5. The molecule has 0 unspecified atom stereocenters. The molecule has 0 saturated heterocycles. The normalized spacial score (nSPS) is 10.2. The smallest absolute Gasteiger partial charge is 0.252 e. The van der Waals surface area contributed by atoms with Gasteiger partial charge >= 0.3 is 0 Å². The predicted molar refractivity (Wildman–Crippen MR) is 87.8 cm³/mol. The van der Waals surface area contributed by atoms with E-state index in [1.54, 1.807) is 31.4 Å². The van der Waals surface area contributed by atoms with Gasteiger partial charge in [-0.3, -0.25) is 4.79 Å². The summed E-state index contributed by atoms with van der Waals surface area (Å²) in [5, 5.41) is 0. The zero-order valence-corrected chi connectivity index (χ0v) is 14.2. The zero-order valence-electron chi connectivity index (χ0n) is 11.0. The third-order valence-corrected chi connectivity index (χ3v) is 3.93. The number of hydrogen-bond donors (Lipinski definition) is 2. The summed E-state index contributed by atoms with van der Waals surface area (Å²) >= 11 is 6.77. The van der Waals surface area contributed by atoms with Crippen LogP contribution in [0.15, 0.2) is 39.3 Å². The number of hydrogen-bond acceptors (Lipinski definition) is 4. The number of anilines is 1. The maximum Gasteiger partial charge on any atom is 0.252 e. The van der Waals surface area contributed by atoms with Gasteiger partial charge in [0.15, 0.2) is 0 Å². The molecule has 1 amide bonds. The molecule has 0 heterocycles. The van der Waals surface area contributed by atoms with Crippen LogP contribution >= 0.6 is 31.9 Å². The van der Waals surface area contributed by atoms with Crippen molar-refractivity contribution in [3.63, 3.8) is 0 Å². The van der Waals surface area contributed by atoms with Crippen molar-refractivity contribution in [3.05, 3.63) is 44.8 Å². The number of halogens is 2. The lowest BCUT2D eigenvalue weighted by Gasteiger charge is -2.13. The summed E-state index contributed by atoms with van der Waals surface area (Å²) in [4.78, 5) is 11.5. The Bertz CT molecular complexity index is 705. The molecule has 2 aromatic rings. The van der Waals surface area contributed by atoms with Crippen molar-refractivity contribution < 1.29 is 14.3 Å². The molecule has 7 heteroatoms. The second kappa shape index (κ2) is 6.36. The molecule has 5 nitrogen and oxygen atoms in total. The Morgan fingerprint density at radius 2 is 1.67 bits per heavy atom. The van der Waals surface area contributed by atoms with Crippen molar-refractivity contribution in [3.8, 4) is 17.2 Å². The zero-order chi connectivity index (χ0) is 15.6. The van der Waals surface area contributed by atoms with Crippen LogP contribution in [0.5, 0.6) is 17.2 Å². The molecule has 0 saturated carbocycles. The Labute approximate surface area is 138 Å². The van der Waals surface area contributed by atoms with E-state index >= 15 is 0 Å². The number of carbonyl (C=O) groups is 1. The molecule has 0 aliphatic rings. The highest BCUT2D eigenvalue weighted by atomic mass is 79.9. The van der Waals surface area contributed by atoms with Gasteiger partial charge in [-0.1, -0.05) is 0 Å². The van der Waals surface area contributed by atoms with E-state index in [1.807, 2.05) is 0 Å². The maximum absolute atomic E-state index is 11.5. The number of benzene rings is 2. The van der Waals surface area contributed by atoms with E-state index in [-0.39, 0.29) is 5.56 Å².